The Hall–Kier alpha value is -2.54. The van der Waals surface area contributed by atoms with Crippen LogP contribution in [0, 0.1) is 0 Å². The molecule has 0 radical (unpaired) electrons. The molecule has 1 heterocycles. The van der Waals surface area contributed by atoms with Gasteiger partial charge < -0.3 is 19.8 Å². The van der Waals surface area contributed by atoms with Crippen molar-refractivity contribution in [2.75, 3.05) is 32.1 Å². The van der Waals surface area contributed by atoms with Crippen molar-refractivity contribution in [2.45, 2.75) is 26.4 Å². The van der Waals surface area contributed by atoms with Crippen molar-refractivity contribution in [1.82, 2.24) is 9.88 Å². The minimum absolute atomic E-state index is 0.112. The molecule has 1 aromatic heterocycles. The summed E-state index contributed by atoms with van der Waals surface area (Å²) in [6.45, 7) is 5.83. The van der Waals surface area contributed by atoms with E-state index >= 15 is 0 Å². The number of nitrogens with one attached hydrogen (secondary N) is 2. The molecule has 0 atom stereocenters. The van der Waals surface area contributed by atoms with Gasteiger partial charge in [0.05, 0.1) is 12.3 Å². The van der Waals surface area contributed by atoms with E-state index in [9.17, 15) is 9.59 Å². The number of aromatic nitrogens is 1. The van der Waals surface area contributed by atoms with Gasteiger partial charge in [0, 0.05) is 30.8 Å². The van der Waals surface area contributed by atoms with Gasteiger partial charge in [0.1, 0.15) is 12.1 Å². The number of aromatic amines is 1. The molecule has 2 amide bonds. The van der Waals surface area contributed by atoms with Gasteiger partial charge in [-0.3, -0.25) is 9.69 Å². The van der Waals surface area contributed by atoms with Crippen LogP contribution in [0.5, 0.6) is 0 Å². The maximum Gasteiger partial charge on any atom is 0.410 e. The standard InChI is InChI=1S/C18H25N3O4/c1-18(2,3)25-17(23)21(10-11-24-4)12-16(22)20-15-7-5-6-14-13(15)8-9-19-14/h5-9,19H,10-12H2,1-4H3,(H,20,22). The number of nitrogens with zero attached hydrogens (tertiary/aromatic N) is 1. The fourth-order valence-corrected chi connectivity index (χ4v) is 2.32. The first-order valence-electron chi connectivity index (χ1n) is 8.13. The number of hydrogen-bond donors (Lipinski definition) is 2. The molecule has 2 N–H and O–H groups in total. The molecule has 0 bridgehead atoms. The third kappa shape index (κ3) is 5.49. The van der Waals surface area contributed by atoms with Crippen molar-refractivity contribution in [1.29, 1.82) is 0 Å². The molecule has 7 nitrogen and oxygen atoms in total. The molecule has 0 spiro atoms. The Morgan fingerprint density at radius 1 is 1.24 bits per heavy atom. The highest BCUT2D eigenvalue weighted by atomic mass is 16.6. The lowest BCUT2D eigenvalue weighted by atomic mass is 10.2. The van der Waals surface area contributed by atoms with Crippen LogP contribution in [0.2, 0.25) is 0 Å². The number of methoxy groups -OCH3 is 1. The Morgan fingerprint density at radius 2 is 2.00 bits per heavy atom. The van der Waals surface area contributed by atoms with Gasteiger partial charge in [0.2, 0.25) is 5.91 Å². The summed E-state index contributed by atoms with van der Waals surface area (Å²) < 4.78 is 10.4. The average molecular weight is 347 g/mol. The van der Waals surface area contributed by atoms with Crippen LogP contribution in [0.4, 0.5) is 10.5 Å². The fraction of sp³-hybridized carbons (Fsp3) is 0.444. The van der Waals surface area contributed by atoms with E-state index in [4.69, 9.17) is 9.47 Å². The number of benzene rings is 1. The zero-order valence-electron chi connectivity index (χ0n) is 15.1. The summed E-state index contributed by atoms with van der Waals surface area (Å²) in [4.78, 5) is 29.1. The molecule has 136 valence electrons. The number of amides is 2. The molecule has 2 rings (SSSR count). The lowest BCUT2D eigenvalue weighted by molar-refractivity contribution is -0.117. The predicted octanol–water partition coefficient (Wildman–Crippen LogP) is 2.99. The Labute approximate surface area is 147 Å². The Morgan fingerprint density at radius 3 is 2.68 bits per heavy atom. The molecule has 0 fully saturated rings. The molecule has 2 aromatic rings. The van der Waals surface area contributed by atoms with Gasteiger partial charge in [-0.05, 0) is 39.0 Å². The van der Waals surface area contributed by atoms with Gasteiger partial charge in [0.15, 0.2) is 0 Å². The van der Waals surface area contributed by atoms with Crippen LogP contribution in [-0.2, 0) is 14.3 Å². The van der Waals surface area contributed by atoms with Crippen molar-refractivity contribution < 1.29 is 19.1 Å². The minimum atomic E-state index is -0.629. The monoisotopic (exact) mass is 347 g/mol. The average Bonchev–Trinajstić information content (AvgIpc) is 2.99. The molecule has 0 saturated carbocycles. The molecular weight excluding hydrogens is 322 g/mol. The van der Waals surface area contributed by atoms with E-state index in [0.29, 0.717) is 12.3 Å². The van der Waals surface area contributed by atoms with E-state index in [2.05, 4.69) is 10.3 Å². The molecule has 0 aliphatic carbocycles. The van der Waals surface area contributed by atoms with Gasteiger partial charge in [-0.25, -0.2) is 4.79 Å². The van der Waals surface area contributed by atoms with Crippen LogP contribution in [0.15, 0.2) is 30.5 Å². The summed E-state index contributed by atoms with van der Waals surface area (Å²) in [5.41, 5.74) is 0.996. The number of H-pyrrole nitrogens is 1. The summed E-state index contributed by atoms with van der Waals surface area (Å²) in [5.74, 6) is -0.296. The topological polar surface area (TPSA) is 83.7 Å². The second kappa shape index (κ2) is 8.02. The third-order valence-corrected chi connectivity index (χ3v) is 3.42. The van der Waals surface area contributed by atoms with Crippen LogP contribution in [0.25, 0.3) is 10.9 Å². The summed E-state index contributed by atoms with van der Waals surface area (Å²) in [6.07, 6.45) is 1.27. The maximum absolute atomic E-state index is 12.4. The van der Waals surface area contributed by atoms with Crippen molar-refractivity contribution >= 4 is 28.6 Å². The van der Waals surface area contributed by atoms with Crippen molar-refractivity contribution in [2.24, 2.45) is 0 Å². The predicted molar refractivity (Wildman–Crippen MR) is 96.6 cm³/mol. The number of carbonyl (C=O) groups excluding carboxylic acids is 2. The largest absolute Gasteiger partial charge is 0.444 e. The van der Waals surface area contributed by atoms with E-state index in [0.717, 1.165) is 10.9 Å². The van der Waals surface area contributed by atoms with Crippen molar-refractivity contribution in [3.63, 3.8) is 0 Å². The van der Waals surface area contributed by atoms with Crippen molar-refractivity contribution in [3.8, 4) is 0 Å². The molecule has 0 aliphatic rings. The minimum Gasteiger partial charge on any atom is -0.444 e. The second-order valence-corrected chi connectivity index (χ2v) is 6.69. The van der Waals surface area contributed by atoms with E-state index in [1.165, 1.54) is 4.90 Å². The molecule has 1 aromatic carbocycles. The van der Waals surface area contributed by atoms with Gasteiger partial charge >= 0.3 is 6.09 Å². The molecule has 0 aliphatic heterocycles. The lowest BCUT2D eigenvalue weighted by Gasteiger charge is -2.26. The van der Waals surface area contributed by atoms with Gasteiger partial charge in [-0.1, -0.05) is 6.07 Å². The van der Waals surface area contributed by atoms with Crippen LogP contribution in [0.3, 0.4) is 0 Å². The van der Waals surface area contributed by atoms with Crippen LogP contribution >= 0.6 is 0 Å². The van der Waals surface area contributed by atoms with E-state index in [1.54, 1.807) is 27.9 Å². The number of anilines is 1. The molecule has 25 heavy (non-hydrogen) atoms. The quantitative estimate of drug-likeness (QED) is 0.841. The first-order valence-corrected chi connectivity index (χ1v) is 8.13. The first-order chi connectivity index (χ1) is 11.8. The summed E-state index contributed by atoms with van der Waals surface area (Å²) in [6, 6.07) is 7.49. The molecule has 0 saturated heterocycles. The molecule has 7 heteroatoms. The summed E-state index contributed by atoms with van der Waals surface area (Å²) in [7, 11) is 1.54. The smallest absolute Gasteiger partial charge is 0.410 e. The third-order valence-electron chi connectivity index (χ3n) is 3.42. The van der Waals surface area contributed by atoms with Crippen LogP contribution < -0.4 is 5.32 Å². The number of fused-ring (bicyclic) bond motifs is 1. The normalized spacial score (nSPS) is 11.4. The van der Waals surface area contributed by atoms with E-state index < -0.39 is 11.7 Å². The Bertz CT molecular complexity index is 733. The Balaban J connectivity index is 2.05. The highest BCUT2D eigenvalue weighted by Gasteiger charge is 2.24. The Kier molecular flexibility index (Phi) is 6.03. The number of rotatable bonds is 6. The van der Waals surface area contributed by atoms with E-state index in [1.807, 2.05) is 30.5 Å². The highest BCUT2D eigenvalue weighted by molar-refractivity contribution is 6.02. The van der Waals surface area contributed by atoms with Gasteiger partial charge in [-0.15, -0.1) is 0 Å². The second-order valence-electron chi connectivity index (χ2n) is 6.69. The van der Waals surface area contributed by atoms with Gasteiger partial charge in [-0.2, -0.15) is 0 Å². The first kappa shape index (κ1) is 18.8. The van der Waals surface area contributed by atoms with Crippen LogP contribution in [0.1, 0.15) is 20.8 Å². The maximum atomic E-state index is 12.4. The fourth-order valence-electron chi connectivity index (χ4n) is 2.32. The van der Waals surface area contributed by atoms with Crippen molar-refractivity contribution in [3.05, 3.63) is 30.5 Å². The lowest BCUT2D eigenvalue weighted by Crippen LogP contribution is -2.42. The van der Waals surface area contributed by atoms with Crippen LogP contribution in [-0.4, -0.2) is 54.3 Å². The number of hydrogen-bond acceptors (Lipinski definition) is 4. The summed E-state index contributed by atoms with van der Waals surface area (Å²) in [5, 5.41) is 3.76. The SMILES string of the molecule is COCCN(CC(=O)Nc1cccc2[nH]ccc12)C(=O)OC(C)(C)C. The summed E-state index contributed by atoms with van der Waals surface area (Å²) >= 11 is 0. The highest BCUT2D eigenvalue weighted by Crippen LogP contribution is 2.22. The molecular formula is C18H25N3O4. The van der Waals surface area contributed by atoms with E-state index in [-0.39, 0.29) is 19.0 Å². The van der Waals surface area contributed by atoms with Gasteiger partial charge in [0.25, 0.3) is 0 Å². The number of ether oxygens (including phenoxy) is 2. The molecule has 0 unspecified atom stereocenters. The zero-order valence-corrected chi connectivity index (χ0v) is 15.1. The zero-order chi connectivity index (χ0) is 18.4. The number of carbonyl (C=O) groups is 2.